The molecule has 0 aliphatic carbocycles. The van der Waals surface area contributed by atoms with Gasteiger partial charge in [-0.05, 0) is 35.9 Å². The van der Waals surface area contributed by atoms with Crippen LogP contribution in [0.5, 0.6) is 0 Å². The molecule has 2 N–H and O–H groups in total. The van der Waals surface area contributed by atoms with Crippen LogP contribution in [0.1, 0.15) is 17.5 Å². The third-order valence-corrected chi connectivity index (χ3v) is 3.65. The van der Waals surface area contributed by atoms with E-state index in [9.17, 15) is 0 Å². The van der Waals surface area contributed by atoms with E-state index in [4.69, 9.17) is 33.5 Å². The minimum atomic E-state index is -0.563. The Bertz CT molecular complexity index is 756. The van der Waals surface area contributed by atoms with E-state index >= 15 is 0 Å². The number of hydrogen-bond donors (Lipinski definition) is 1. The van der Waals surface area contributed by atoms with Crippen LogP contribution in [-0.4, -0.2) is 10.1 Å². The number of rotatable bonds is 3. The summed E-state index contributed by atoms with van der Waals surface area (Å²) in [6.07, 6.45) is 0. The summed E-state index contributed by atoms with van der Waals surface area (Å²) < 4.78 is 5.24. The molecule has 0 radical (unpaired) electrons. The van der Waals surface area contributed by atoms with E-state index in [0.29, 0.717) is 21.8 Å². The van der Waals surface area contributed by atoms with Crippen molar-refractivity contribution in [3.8, 4) is 11.4 Å². The summed E-state index contributed by atoms with van der Waals surface area (Å²) in [4.78, 5) is 4.32. The predicted octanol–water partition coefficient (Wildman–Crippen LogP) is 4.09. The highest BCUT2D eigenvalue weighted by Gasteiger charge is 2.19. The molecule has 1 aromatic heterocycles. The molecule has 1 heterocycles. The average molecular weight is 320 g/mol. The van der Waals surface area contributed by atoms with Crippen LogP contribution in [0.4, 0.5) is 0 Å². The molecule has 3 aromatic rings. The Morgan fingerprint density at radius 3 is 2.43 bits per heavy atom. The molecule has 0 spiro atoms. The molecule has 0 unspecified atom stereocenters. The Kier molecular flexibility index (Phi) is 3.92. The highest BCUT2D eigenvalue weighted by molar-refractivity contribution is 6.31. The molecule has 0 aliphatic rings. The Hall–Kier alpha value is -1.88. The van der Waals surface area contributed by atoms with Crippen LogP contribution in [0.3, 0.4) is 0 Å². The van der Waals surface area contributed by atoms with Crippen LogP contribution in [0.2, 0.25) is 10.0 Å². The molecule has 0 bridgehead atoms. The Labute approximate surface area is 131 Å². The van der Waals surface area contributed by atoms with Gasteiger partial charge in [-0.1, -0.05) is 46.6 Å². The summed E-state index contributed by atoms with van der Waals surface area (Å²) in [6, 6.07) is 13.9. The molecule has 0 amide bonds. The first-order chi connectivity index (χ1) is 10.1. The highest BCUT2D eigenvalue weighted by Crippen LogP contribution is 2.27. The van der Waals surface area contributed by atoms with Gasteiger partial charge < -0.3 is 10.3 Å². The second kappa shape index (κ2) is 5.85. The zero-order chi connectivity index (χ0) is 14.8. The Morgan fingerprint density at radius 1 is 1.00 bits per heavy atom. The number of halogens is 2. The van der Waals surface area contributed by atoms with Gasteiger partial charge in [-0.2, -0.15) is 4.98 Å². The normalized spacial score (nSPS) is 12.3. The summed E-state index contributed by atoms with van der Waals surface area (Å²) in [5.41, 5.74) is 7.68. The van der Waals surface area contributed by atoms with Crippen LogP contribution in [0.15, 0.2) is 53.1 Å². The largest absolute Gasteiger partial charge is 0.337 e. The lowest BCUT2D eigenvalue weighted by molar-refractivity contribution is 0.367. The molecule has 1 atom stereocenters. The van der Waals surface area contributed by atoms with Gasteiger partial charge in [-0.3, -0.25) is 0 Å². The van der Waals surface area contributed by atoms with Gasteiger partial charge in [-0.25, -0.2) is 0 Å². The smallest absolute Gasteiger partial charge is 0.248 e. The number of nitrogens with zero attached hydrogens (tertiary/aromatic N) is 2. The lowest BCUT2D eigenvalue weighted by atomic mass is 10.1. The van der Waals surface area contributed by atoms with E-state index in [0.717, 1.165) is 11.1 Å². The molecule has 0 saturated heterocycles. The second-order valence-corrected chi connectivity index (χ2v) is 5.31. The molecule has 6 heteroatoms. The van der Waals surface area contributed by atoms with Gasteiger partial charge >= 0.3 is 0 Å². The van der Waals surface area contributed by atoms with Crippen molar-refractivity contribution in [2.24, 2.45) is 5.73 Å². The van der Waals surface area contributed by atoms with Crippen molar-refractivity contribution in [3.05, 3.63) is 70.0 Å². The highest BCUT2D eigenvalue weighted by atomic mass is 35.5. The summed E-state index contributed by atoms with van der Waals surface area (Å²) in [5.74, 6) is 0.775. The molecule has 3 rings (SSSR count). The van der Waals surface area contributed by atoms with Gasteiger partial charge in [0.2, 0.25) is 11.7 Å². The van der Waals surface area contributed by atoms with E-state index in [2.05, 4.69) is 10.1 Å². The van der Waals surface area contributed by atoms with Crippen molar-refractivity contribution in [3.63, 3.8) is 0 Å². The molecule has 21 heavy (non-hydrogen) atoms. The molecular formula is C15H11Cl2N3O. The molecular weight excluding hydrogens is 309 g/mol. The maximum absolute atomic E-state index is 6.13. The molecule has 0 saturated carbocycles. The third-order valence-electron chi connectivity index (χ3n) is 3.05. The van der Waals surface area contributed by atoms with Gasteiger partial charge in [0.05, 0.1) is 0 Å². The van der Waals surface area contributed by atoms with Gasteiger partial charge in [0.25, 0.3) is 0 Å². The lowest BCUT2D eigenvalue weighted by Crippen LogP contribution is -2.12. The van der Waals surface area contributed by atoms with Crippen LogP contribution in [0.25, 0.3) is 11.4 Å². The fourth-order valence-corrected chi connectivity index (χ4v) is 2.32. The summed E-state index contributed by atoms with van der Waals surface area (Å²) in [7, 11) is 0. The van der Waals surface area contributed by atoms with Crippen molar-refractivity contribution < 1.29 is 4.52 Å². The van der Waals surface area contributed by atoms with Crippen molar-refractivity contribution in [2.45, 2.75) is 6.04 Å². The van der Waals surface area contributed by atoms with Crippen molar-refractivity contribution in [2.75, 3.05) is 0 Å². The van der Waals surface area contributed by atoms with E-state index in [1.54, 1.807) is 18.2 Å². The summed E-state index contributed by atoms with van der Waals surface area (Å²) in [5, 5.41) is 5.15. The number of nitrogens with two attached hydrogens (primary N) is 1. The SMILES string of the molecule is N[C@@H](c1nc(-c2ccc(Cl)cc2)no1)c1ccccc1Cl. The maximum Gasteiger partial charge on any atom is 0.248 e. The van der Waals surface area contributed by atoms with E-state index in [1.807, 2.05) is 30.3 Å². The van der Waals surface area contributed by atoms with E-state index < -0.39 is 6.04 Å². The molecule has 0 fully saturated rings. The first-order valence-electron chi connectivity index (χ1n) is 6.24. The number of benzene rings is 2. The number of hydrogen-bond acceptors (Lipinski definition) is 4. The van der Waals surface area contributed by atoms with Crippen LogP contribution < -0.4 is 5.73 Å². The predicted molar refractivity (Wildman–Crippen MR) is 82.2 cm³/mol. The van der Waals surface area contributed by atoms with Crippen molar-refractivity contribution in [1.82, 2.24) is 10.1 Å². The first kappa shape index (κ1) is 14.1. The van der Waals surface area contributed by atoms with Gasteiger partial charge in [0.15, 0.2) is 0 Å². The fraction of sp³-hybridized carbons (Fsp3) is 0.0667. The summed E-state index contributed by atoms with van der Waals surface area (Å²) in [6.45, 7) is 0. The van der Waals surface area contributed by atoms with Crippen molar-refractivity contribution >= 4 is 23.2 Å². The van der Waals surface area contributed by atoms with E-state index in [-0.39, 0.29) is 0 Å². The minimum absolute atomic E-state index is 0.313. The molecule has 4 nitrogen and oxygen atoms in total. The molecule has 2 aromatic carbocycles. The minimum Gasteiger partial charge on any atom is -0.337 e. The third kappa shape index (κ3) is 2.93. The molecule has 106 valence electrons. The second-order valence-electron chi connectivity index (χ2n) is 4.46. The summed E-state index contributed by atoms with van der Waals surface area (Å²) >= 11 is 12.0. The van der Waals surface area contributed by atoms with Crippen LogP contribution in [-0.2, 0) is 0 Å². The van der Waals surface area contributed by atoms with Gasteiger partial charge in [0, 0.05) is 15.6 Å². The standard InChI is InChI=1S/C15H11Cl2N3O/c16-10-7-5-9(6-8-10)14-19-15(21-20-14)13(18)11-3-1-2-4-12(11)17/h1-8,13H,18H2/t13-/m1/s1. The van der Waals surface area contributed by atoms with Gasteiger partial charge in [-0.15, -0.1) is 0 Å². The fourth-order valence-electron chi connectivity index (χ4n) is 1.94. The zero-order valence-electron chi connectivity index (χ0n) is 10.8. The molecule has 0 aliphatic heterocycles. The number of aromatic nitrogens is 2. The monoisotopic (exact) mass is 319 g/mol. The van der Waals surface area contributed by atoms with Crippen molar-refractivity contribution in [1.29, 1.82) is 0 Å². The first-order valence-corrected chi connectivity index (χ1v) is 7.00. The van der Waals surface area contributed by atoms with Crippen LogP contribution in [0, 0.1) is 0 Å². The van der Waals surface area contributed by atoms with Crippen LogP contribution >= 0.6 is 23.2 Å². The quantitative estimate of drug-likeness (QED) is 0.789. The maximum atomic E-state index is 6.13. The lowest BCUT2D eigenvalue weighted by Gasteiger charge is -2.08. The zero-order valence-corrected chi connectivity index (χ0v) is 12.3. The average Bonchev–Trinajstić information content (AvgIpc) is 2.98. The van der Waals surface area contributed by atoms with Gasteiger partial charge in [0.1, 0.15) is 6.04 Å². The topological polar surface area (TPSA) is 64.9 Å². The Morgan fingerprint density at radius 2 is 1.71 bits per heavy atom. The van der Waals surface area contributed by atoms with E-state index in [1.165, 1.54) is 0 Å². The Balaban J connectivity index is 1.91.